The summed E-state index contributed by atoms with van der Waals surface area (Å²) in [6, 6.07) is 3.88. The Morgan fingerprint density at radius 2 is 2.11 bits per heavy atom. The van der Waals surface area contributed by atoms with Gasteiger partial charge >= 0.3 is 5.97 Å². The van der Waals surface area contributed by atoms with Gasteiger partial charge in [-0.05, 0) is 37.5 Å². The number of ether oxygens (including phenoxy) is 2. The molecule has 2 N–H and O–H groups in total. The van der Waals surface area contributed by atoms with Crippen LogP contribution in [0.25, 0.3) is 0 Å². The number of esters is 1. The lowest BCUT2D eigenvalue weighted by Gasteiger charge is -2.27. The molecule has 0 aliphatic heterocycles. The average Bonchev–Trinajstić information content (AvgIpc) is 2.41. The maximum Gasteiger partial charge on any atom is 0.341 e. The third kappa shape index (κ3) is 3.44. The molecule has 0 saturated heterocycles. The number of benzene rings is 1. The van der Waals surface area contributed by atoms with Crippen molar-refractivity contribution in [3.8, 4) is 0 Å². The quantitative estimate of drug-likeness (QED) is 0.675. The molecule has 1 aliphatic carbocycles. The first-order valence-corrected chi connectivity index (χ1v) is 6.39. The SMILES string of the molecule is COC1CCCC(OC(=O)c2cc(N)ccc2F)C1. The lowest BCUT2D eigenvalue weighted by Crippen LogP contribution is -2.29. The maximum absolute atomic E-state index is 13.5. The standard InChI is InChI=1S/C14H18FNO3/c1-18-10-3-2-4-11(8-10)19-14(17)12-7-9(16)5-6-13(12)15/h5-7,10-11H,2-4,8,16H2,1H3. The number of hydrogen-bond donors (Lipinski definition) is 1. The molecule has 1 fully saturated rings. The van der Waals surface area contributed by atoms with Crippen molar-refractivity contribution in [1.82, 2.24) is 0 Å². The first kappa shape index (κ1) is 13.8. The van der Waals surface area contributed by atoms with Gasteiger partial charge in [-0.3, -0.25) is 0 Å². The summed E-state index contributed by atoms with van der Waals surface area (Å²) in [5.74, 6) is -1.27. The van der Waals surface area contributed by atoms with Gasteiger partial charge in [0.05, 0.1) is 11.7 Å². The Balaban J connectivity index is 2.02. The lowest BCUT2D eigenvalue weighted by molar-refractivity contribution is -0.0151. The van der Waals surface area contributed by atoms with Gasteiger partial charge < -0.3 is 15.2 Å². The van der Waals surface area contributed by atoms with Gasteiger partial charge in [0.2, 0.25) is 0 Å². The Hall–Kier alpha value is -1.62. The number of hydrogen-bond acceptors (Lipinski definition) is 4. The predicted molar refractivity (Wildman–Crippen MR) is 69.3 cm³/mol. The Bertz CT molecular complexity index is 464. The van der Waals surface area contributed by atoms with Crippen LogP contribution >= 0.6 is 0 Å². The molecule has 0 heterocycles. The molecule has 0 radical (unpaired) electrons. The number of nitrogen functional groups attached to an aromatic ring is 1. The highest BCUT2D eigenvalue weighted by Crippen LogP contribution is 2.24. The van der Waals surface area contributed by atoms with Crippen molar-refractivity contribution in [3.63, 3.8) is 0 Å². The molecule has 0 spiro atoms. The summed E-state index contributed by atoms with van der Waals surface area (Å²) < 4.78 is 24.1. The van der Waals surface area contributed by atoms with Gasteiger partial charge in [-0.1, -0.05) is 0 Å². The number of rotatable bonds is 3. The van der Waals surface area contributed by atoms with Crippen molar-refractivity contribution in [2.75, 3.05) is 12.8 Å². The van der Waals surface area contributed by atoms with Crippen LogP contribution in [0, 0.1) is 5.82 Å². The summed E-state index contributed by atoms with van der Waals surface area (Å²) in [6.07, 6.45) is 3.25. The van der Waals surface area contributed by atoms with Crippen LogP contribution in [0.4, 0.5) is 10.1 Å². The zero-order valence-electron chi connectivity index (χ0n) is 10.9. The molecule has 1 aliphatic rings. The van der Waals surface area contributed by atoms with Crippen molar-refractivity contribution >= 4 is 11.7 Å². The second kappa shape index (κ2) is 6.02. The minimum absolute atomic E-state index is 0.109. The van der Waals surface area contributed by atoms with Crippen molar-refractivity contribution in [1.29, 1.82) is 0 Å². The van der Waals surface area contributed by atoms with Gasteiger partial charge in [0.15, 0.2) is 0 Å². The third-order valence-corrected chi connectivity index (χ3v) is 3.40. The zero-order chi connectivity index (χ0) is 13.8. The van der Waals surface area contributed by atoms with Crippen LogP contribution in [0.2, 0.25) is 0 Å². The van der Waals surface area contributed by atoms with Crippen molar-refractivity contribution < 1.29 is 18.7 Å². The molecule has 2 atom stereocenters. The number of methoxy groups -OCH3 is 1. The van der Waals surface area contributed by atoms with Crippen molar-refractivity contribution in [2.24, 2.45) is 0 Å². The fourth-order valence-electron chi connectivity index (χ4n) is 2.34. The number of carbonyl (C=O) groups excluding carboxylic acids is 1. The molecule has 1 aromatic rings. The minimum Gasteiger partial charge on any atom is -0.459 e. The molecule has 1 aromatic carbocycles. The second-order valence-electron chi connectivity index (χ2n) is 4.79. The predicted octanol–water partition coefficient (Wildman–Crippen LogP) is 2.52. The van der Waals surface area contributed by atoms with Crippen LogP contribution in [0.15, 0.2) is 18.2 Å². The van der Waals surface area contributed by atoms with Crippen molar-refractivity contribution in [2.45, 2.75) is 37.9 Å². The van der Waals surface area contributed by atoms with Gasteiger partial charge in [0.25, 0.3) is 0 Å². The van der Waals surface area contributed by atoms with E-state index in [-0.39, 0.29) is 17.8 Å². The smallest absolute Gasteiger partial charge is 0.341 e. The Morgan fingerprint density at radius 1 is 1.37 bits per heavy atom. The summed E-state index contributed by atoms with van der Waals surface area (Å²) >= 11 is 0. The Labute approximate surface area is 111 Å². The fraction of sp³-hybridized carbons (Fsp3) is 0.500. The van der Waals surface area contributed by atoms with E-state index in [1.165, 1.54) is 18.2 Å². The molecule has 1 saturated carbocycles. The van der Waals surface area contributed by atoms with Gasteiger partial charge in [-0.15, -0.1) is 0 Å². The monoisotopic (exact) mass is 267 g/mol. The van der Waals surface area contributed by atoms with Crippen LogP contribution in [0.1, 0.15) is 36.0 Å². The number of anilines is 1. The zero-order valence-corrected chi connectivity index (χ0v) is 10.9. The molecule has 0 aromatic heterocycles. The molecule has 104 valence electrons. The van der Waals surface area contributed by atoms with Gasteiger partial charge in [-0.2, -0.15) is 0 Å². The Kier molecular flexibility index (Phi) is 4.37. The highest BCUT2D eigenvalue weighted by molar-refractivity contribution is 5.90. The molecular formula is C14H18FNO3. The topological polar surface area (TPSA) is 61.5 Å². The van der Waals surface area contributed by atoms with E-state index in [0.29, 0.717) is 12.1 Å². The molecule has 2 unspecified atom stereocenters. The van der Waals surface area contributed by atoms with E-state index in [2.05, 4.69) is 0 Å². The van der Waals surface area contributed by atoms with Gasteiger partial charge in [-0.25, -0.2) is 9.18 Å². The van der Waals surface area contributed by atoms with E-state index in [1.54, 1.807) is 7.11 Å². The maximum atomic E-state index is 13.5. The van der Waals surface area contributed by atoms with Crippen LogP contribution in [0.3, 0.4) is 0 Å². The van der Waals surface area contributed by atoms with E-state index < -0.39 is 11.8 Å². The third-order valence-electron chi connectivity index (χ3n) is 3.40. The van der Waals surface area contributed by atoms with E-state index in [1.807, 2.05) is 0 Å². The number of nitrogens with two attached hydrogens (primary N) is 1. The molecule has 5 heteroatoms. The van der Waals surface area contributed by atoms with Crippen molar-refractivity contribution in [3.05, 3.63) is 29.6 Å². The Morgan fingerprint density at radius 3 is 2.84 bits per heavy atom. The largest absolute Gasteiger partial charge is 0.459 e. The molecule has 4 nitrogen and oxygen atoms in total. The average molecular weight is 267 g/mol. The van der Waals surface area contributed by atoms with E-state index in [0.717, 1.165) is 19.3 Å². The van der Waals surface area contributed by atoms with Crippen LogP contribution in [-0.2, 0) is 9.47 Å². The van der Waals surface area contributed by atoms with E-state index in [4.69, 9.17) is 15.2 Å². The summed E-state index contributed by atoms with van der Waals surface area (Å²) in [5, 5.41) is 0. The van der Waals surface area contributed by atoms with Gasteiger partial charge in [0, 0.05) is 19.2 Å². The number of carbonyl (C=O) groups is 1. The first-order valence-electron chi connectivity index (χ1n) is 6.39. The summed E-state index contributed by atoms with van der Waals surface area (Å²) in [4.78, 5) is 11.9. The number of halogens is 1. The summed E-state index contributed by atoms with van der Waals surface area (Å²) in [6.45, 7) is 0. The van der Waals surface area contributed by atoms with Crippen LogP contribution < -0.4 is 5.73 Å². The minimum atomic E-state index is -0.661. The van der Waals surface area contributed by atoms with E-state index >= 15 is 0 Å². The second-order valence-corrected chi connectivity index (χ2v) is 4.79. The van der Waals surface area contributed by atoms with E-state index in [9.17, 15) is 9.18 Å². The highest BCUT2D eigenvalue weighted by atomic mass is 19.1. The van der Waals surface area contributed by atoms with Crippen LogP contribution in [0.5, 0.6) is 0 Å². The molecule has 19 heavy (non-hydrogen) atoms. The molecular weight excluding hydrogens is 249 g/mol. The summed E-state index contributed by atoms with van der Waals surface area (Å²) in [5.41, 5.74) is 5.78. The lowest BCUT2D eigenvalue weighted by atomic mass is 9.95. The van der Waals surface area contributed by atoms with Crippen LogP contribution in [-0.4, -0.2) is 25.3 Å². The normalized spacial score (nSPS) is 23.1. The molecule has 0 amide bonds. The van der Waals surface area contributed by atoms with Gasteiger partial charge in [0.1, 0.15) is 11.9 Å². The highest BCUT2D eigenvalue weighted by Gasteiger charge is 2.26. The summed E-state index contributed by atoms with van der Waals surface area (Å²) in [7, 11) is 1.65. The first-order chi connectivity index (χ1) is 9.10. The molecule has 2 rings (SSSR count). The molecule has 0 bridgehead atoms. The fourth-order valence-corrected chi connectivity index (χ4v) is 2.34.